The van der Waals surface area contributed by atoms with Crippen LogP contribution in [0.5, 0.6) is 0 Å². The lowest BCUT2D eigenvalue weighted by molar-refractivity contribution is -0.114. The summed E-state index contributed by atoms with van der Waals surface area (Å²) in [7, 11) is 0. The van der Waals surface area contributed by atoms with Gasteiger partial charge in [-0.1, -0.05) is 50.1 Å². The highest BCUT2D eigenvalue weighted by atomic mass is 35.5. The van der Waals surface area contributed by atoms with Crippen molar-refractivity contribution in [3.05, 3.63) is 58.6 Å². The molecule has 0 saturated heterocycles. The van der Waals surface area contributed by atoms with E-state index in [4.69, 9.17) is 11.6 Å². The average Bonchev–Trinajstić information content (AvgIpc) is 2.90. The third-order valence-electron chi connectivity index (χ3n) is 6.98. The Morgan fingerprint density at radius 3 is 1.89 bits per heavy atom. The maximum atomic E-state index is 12.7. The summed E-state index contributed by atoms with van der Waals surface area (Å²) in [6.45, 7) is 0.0415. The number of hydrogen-bond donors (Lipinski definition) is 4. The number of benzene rings is 2. The molecule has 7 nitrogen and oxygen atoms in total. The molecule has 4 N–H and O–H groups in total. The van der Waals surface area contributed by atoms with E-state index in [2.05, 4.69) is 21.3 Å². The topological polar surface area (TPSA) is 99.3 Å². The van der Waals surface area contributed by atoms with Gasteiger partial charge >= 0.3 is 0 Å². The summed E-state index contributed by atoms with van der Waals surface area (Å²) >= 11 is 6.26. The van der Waals surface area contributed by atoms with E-state index in [0.29, 0.717) is 21.8 Å². The molecule has 2 aliphatic rings. The van der Waals surface area contributed by atoms with Crippen LogP contribution in [0.3, 0.4) is 0 Å². The van der Waals surface area contributed by atoms with Gasteiger partial charge in [0.25, 0.3) is 11.8 Å². The second-order valence-electron chi connectivity index (χ2n) is 9.79. The number of hydrogen-bond acceptors (Lipinski definition) is 4. The Hall–Kier alpha value is -3.06. The van der Waals surface area contributed by atoms with Gasteiger partial charge in [0, 0.05) is 29.0 Å². The fraction of sp³-hybridized carbons (Fsp3) is 0.464. The standard InChI is InChI=1S/C28H35ClN4O3/c29-25-16-15-23(17-24(25)28(36)33-22-9-5-2-6-10-22)31-26(34)18-30-20-13-11-19(12-14-20)27(35)32-21-7-3-1-4-8-21/h11-17,21-22,30H,1-10,18H2,(H,31,34)(H,32,35)(H,33,36). The van der Waals surface area contributed by atoms with Crippen LogP contribution >= 0.6 is 11.6 Å². The van der Waals surface area contributed by atoms with Crippen molar-refractivity contribution in [2.24, 2.45) is 0 Å². The molecule has 2 saturated carbocycles. The summed E-state index contributed by atoms with van der Waals surface area (Å²) in [5.74, 6) is -0.527. The third kappa shape index (κ3) is 7.47. The lowest BCUT2D eigenvalue weighted by Crippen LogP contribution is -2.36. The third-order valence-corrected chi connectivity index (χ3v) is 7.31. The first-order valence-electron chi connectivity index (χ1n) is 13.0. The van der Waals surface area contributed by atoms with Crippen LogP contribution in [0.1, 0.15) is 84.9 Å². The minimum Gasteiger partial charge on any atom is -0.376 e. The van der Waals surface area contributed by atoms with Gasteiger partial charge in [-0.3, -0.25) is 14.4 Å². The summed E-state index contributed by atoms with van der Waals surface area (Å²) in [5, 5.41) is 12.4. The van der Waals surface area contributed by atoms with E-state index < -0.39 is 0 Å². The number of carbonyl (C=O) groups excluding carboxylic acids is 3. The van der Waals surface area contributed by atoms with Crippen molar-refractivity contribution in [3.63, 3.8) is 0 Å². The van der Waals surface area contributed by atoms with Crippen molar-refractivity contribution in [1.82, 2.24) is 10.6 Å². The summed E-state index contributed by atoms with van der Waals surface area (Å²) < 4.78 is 0. The Bertz CT molecular complexity index is 1060. The van der Waals surface area contributed by atoms with Crippen LogP contribution in [0.15, 0.2) is 42.5 Å². The molecule has 2 aromatic rings. The van der Waals surface area contributed by atoms with Gasteiger partial charge in [-0.05, 0) is 68.1 Å². The summed E-state index contributed by atoms with van der Waals surface area (Å²) in [6, 6.07) is 12.4. The zero-order valence-corrected chi connectivity index (χ0v) is 21.3. The Morgan fingerprint density at radius 1 is 0.722 bits per heavy atom. The van der Waals surface area contributed by atoms with Gasteiger partial charge in [-0.25, -0.2) is 0 Å². The van der Waals surface area contributed by atoms with Crippen molar-refractivity contribution >= 4 is 40.7 Å². The van der Waals surface area contributed by atoms with Crippen molar-refractivity contribution in [1.29, 1.82) is 0 Å². The predicted octanol–water partition coefficient (Wildman–Crippen LogP) is 5.52. The molecule has 0 aromatic heterocycles. The van der Waals surface area contributed by atoms with E-state index in [0.717, 1.165) is 44.2 Å². The van der Waals surface area contributed by atoms with Crippen molar-refractivity contribution in [2.45, 2.75) is 76.3 Å². The normalized spacial score (nSPS) is 16.7. The molecular weight excluding hydrogens is 476 g/mol. The predicted molar refractivity (Wildman–Crippen MR) is 144 cm³/mol. The Kier molecular flexibility index (Phi) is 9.23. The minimum atomic E-state index is -0.255. The first-order valence-corrected chi connectivity index (χ1v) is 13.4. The van der Waals surface area contributed by atoms with Gasteiger partial charge in [0.2, 0.25) is 5.91 Å². The quantitative estimate of drug-likeness (QED) is 0.376. The molecule has 3 amide bonds. The van der Waals surface area contributed by atoms with E-state index in [1.54, 1.807) is 42.5 Å². The zero-order valence-electron chi connectivity index (χ0n) is 20.6. The Labute approximate surface area is 217 Å². The molecule has 0 spiro atoms. The van der Waals surface area contributed by atoms with E-state index in [-0.39, 0.29) is 36.3 Å². The molecule has 4 rings (SSSR count). The number of anilines is 2. The number of rotatable bonds is 8. The maximum Gasteiger partial charge on any atom is 0.253 e. The summed E-state index contributed by atoms with van der Waals surface area (Å²) in [5.41, 5.74) is 2.21. The monoisotopic (exact) mass is 510 g/mol. The molecule has 0 aliphatic heterocycles. The first kappa shape index (κ1) is 26.0. The number of amides is 3. The number of halogens is 1. The van der Waals surface area contributed by atoms with Crippen LogP contribution in [0.2, 0.25) is 5.02 Å². The Morgan fingerprint density at radius 2 is 1.28 bits per heavy atom. The van der Waals surface area contributed by atoms with Gasteiger partial charge in [0.1, 0.15) is 0 Å². The van der Waals surface area contributed by atoms with Crippen LogP contribution in [0.25, 0.3) is 0 Å². The SMILES string of the molecule is O=C(CNc1ccc(C(=O)NC2CCCCC2)cc1)Nc1ccc(Cl)c(C(=O)NC2CCCCC2)c1. The highest BCUT2D eigenvalue weighted by molar-refractivity contribution is 6.34. The fourth-order valence-corrected chi connectivity index (χ4v) is 5.13. The molecule has 2 aromatic carbocycles. The van der Waals surface area contributed by atoms with Crippen molar-refractivity contribution in [2.75, 3.05) is 17.2 Å². The molecule has 36 heavy (non-hydrogen) atoms. The van der Waals surface area contributed by atoms with Crippen molar-refractivity contribution < 1.29 is 14.4 Å². The molecule has 8 heteroatoms. The fourth-order valence-electron chi connectivity index (χ4n) is 4.93. The zero-order chi connectivity index (χ0) is 25.3. The van der Waals surface area contributed by atoms with Crippen LogP contribution in [-0.4, -0.2) is 36.3 Å². The largest absolute Gasteiger partial charge is 0.376 e. The van der Waals surface area contributed by atoms with E-state index in [1.165, 1.54) is 25.7 Å². The van der Waals surface area contributed by atoms with Crippen molar-refractivity contribution in [3.8, 4) is 0 Å². The first-order chi connectivity index (χ1) is 17.5. The highest BCUT2D eigenvalue weighted by Crippen LogP contribution is 2.23. The van der Waals surface area contributed by atoms with Crippen LogP contribution in [-0.2, 0) is 4.79 Å². The summed E-state index contributed by atoms with van der Waals surface area (Å²) in [6.07, 6.45) is 11.1. The Balaban J connectivity index is 1.26. The van der Waals surface area contributed by atoms with Gasteiger partial charge in [0.05, 0.1) is 17.1 Å². The smallest absolute Gasteiger partial charge is 0.253 e. The molecule has 0 radical (unpaired) electrons. The second kappa shape index (κ2) is 12.8. The van der Waals surface area contributed by atoms with Crippen LogP contribution in [0, 0.1) is 0 Å². The second-order valence-corrected chi connectivity index (χ2v) is 10.2. The van der Waals surface area contributed by atoms with Gasteiger partial charge in [-0.15, -0.1) is 0 Å². The summed E-state index contributed by atoms with van der Waals surface area (Å²) in [4.78, 5) is 37.7. The minimum absolute atomic E-state index is 0.0415. The van der Waals surface area contributed by atoms with E-state index in [1.807, 2.05) is 0 Å². The molecule has 0 heterocycles. The molecule has 0 bridgehead atoms. The number of nitrogens with one attached hydrogen (secondary N) is 4. The van der Waals surface area contributed by atoms with Gasteiger partial charge in [-0.2, -0.15) is 0 Å². The van der Waals surface area contributed by atoms with E-state index in [9.17, 15) is 14.4 Å². The number of carbonyl (C=O) groups is 3. The lowest BCUT2D eigenvalue weighted by atomic mass is 9.95. The van der Waals surface area contributed by atoms with Crippen LogP contribution < -0.4 is 21.3 Å². The highest BCUT2D eigenvalue weighted by Gasteiger charge is 2.19. The lowest BCUT2D eigenvalue weighted by Gasteiger charge is -2.23. The van der Waals surface area contributed by atoms with Crippen LogP contribution in [0.4, 0.5) is 11.4 Å². The molecule has 0 unspecified atom stereocenters. The maximum absolute atomic E-state index is 12.7. The average molecular weight is 511 g/mol. The molecule has 192 valence electrons. The molecule has 2 aliphatic carbocycles. The molecular formula is C28H35ClN4O3. The van der Waals surface area contributed by atoms with Gasteiger partial charge < -0.3 is 21.3 Å². The van der Waals surface area contributed by atoms with Gasteiger partial charge in [0.15, 0.2) is 0 Å². The van der Waals surface area contributed by atoms with E-state index >= 15 is 0 Å². The molecule has 2 fully saturated rings. The molecule has 0 atom stereocenters.